The van der Waals surface area contributed by atoms with Crippen LogP contribution in [0.25, 0.3) is 0 Å². The smallest absolute Gasteiger partial charge is 0.292 e. The van der Waals surface area contributed by atoms with E-state index in [9.17, 15) is 14.9 Å². The molecule has 7 heteroatoms. The molecule has 7 nitrogen and oxygen atoms in total. The fourth-order valence-corrected chi connectivity index (χ4v) is 1.99. The maximum absolute atomic E-state index is 11.1. The van der Waals surface area contributed by atoms with Crippen molar-refractivity contribution in [1.82, 2.24) is 0 Å². The molecule has 1 aromatic rings. The number of primary amides is 1. The number of amides is 1. The van der Waals surface area contributed by atoms with Crippen LogP contribution in [-0.2, 0) is 4.74 Å². The molecule has 102 valence electrons. The van der Waals surface area contributed by atoms with Crippen molar-refractivity contribution in [2.75, 3.05) is 25.1 Å². The molecule has 1 aliphatic heterocycles. The monoisotopic (exact) mass is 265 g/mol. The molecule has 0 aromatic heterocycles. The van der Waals surface area contributed by atoms with Crippen LogP contribution < -0.4 is 11.1 Å². The number of nitrogens with one attached hydrogen (secondary N) is 1. The predicted octanol–water partition coefficient (Wildman–Crippen LogP) is 1.14. The Morgan fingerprint density at radius 1 is 1.58 bits per heavy atom. The van der Waals surface area contributed by atoms with Gasteiger partial charge in [-0.05, 0) is 18.6 Å². The summed E-state index contributed by atoms with van der Waals surface area (Å²) in [6, 6.07) is 4.05. The van der Waals surface area contributed by atoms with Crippen LogP contribution >= 0.6 is 0 Å². The van der Waals surface area contributed by atoms with Gasteiger partial charge in [0.15, 0.2) is 0 Å². The summed E-state index contributed by atoms with van der Waals surface area (Å²) < 4.78 is 5.24. The van der Waals surface area contributed by atoms with Gasteiger partial charge in [0.25, 0.3) is 5.69 Å². The van der Waals surface area contributed by atoms with Gasteiger partial charge in [0.1, 0.15) is 5.69 Å². The molecule has 1 atom stereocenters. The summed E-state index contributed by atoms with van der Waals surface area (Å²) in [5, 5.41) is 13.9. The number of benzene rings is 1. The molecule has 2 rings (SSSR count). The van der Waals surface area contributed by atoms with Crippen molar-refractivity contribution in [3.8, 4) is 0 Å². The molecule has 1 saturated heterocycles. The standard InChI is InChI=1S/C12H15N3O4/c13-12(16)9-1-2-11(15(17)18)10(5-9)14-6-8-3-4-19-7-8/h1-2,5,8,14H,3-4,6-7H2,(H2,13,16). The lowest BCUT2D eigenvalue weighted by Gasteiger charge is -2.11. The van der Waals surface area contributed by atoms with Gasteiger partial charge in [0.2, 0.25) is 5.91 Å². The quantitative estimate of drug-likeness (QED) is 0.613. The van der Waals surface area contributed by atoms with E-state index in [0.29, 0.717) is 24.8 Å². The number of ether oxygens (including phenoxy) is 1. The number of nitro groups is 1. The van der Waals surface area contributed by atoms with Crippen molar-refractivity contribution in [2.45, 2.75) is 6.42 Å². The SMILES string of the molecule is NC(=O)c1ccc([N+](=O)[O-])c(NCC2CCOC2)c1. The average molecular weight is 265 g/mol. The van der Waals surface area contributed by atoms with Gasteiger partial charge in [-0.25, -0.2) is 0 Å². The molecule has 0 spiro atoms. The van der Waals surface area contributed by atoms with Crippen LogP contribution in [0.15, 0.2) is 18.2 Å². The highest BCUT2D eigenvalue weighted by atomic mass is 16.6. The molecule has 19 heavy (non-hydrogen) atoms. The molecule has 1 heterocycles. The maximum atomic E-state index is 11.1. The summed E-state index contributed by atoms with van der Waals surface area (Å²) in [4.78, 5) is 21.5. The van der Waals surface area contributed by atoms with E-state index in [2.05, 4.69) is 5.32 Å². The Hall–Kier alpha value is -2.15. The number of carbonyl (C=O) groups excluding carboxylic acids is 1. The first-order valence-corrected chi connectivity index (χ1v) is 5.98. The number of nitrogens with two attached hydrogens (primary N) is 1. The zero-order valence-corrected chi connectivity index (χ0v) is 10.3. The van der Waals surface area contributed by atoms with Gasteiger partial charge < -0.3 is 15.8 Å². The zero-order chi connectivity index (χ0) is 13.8. The van der Waals surface area contributed by atoms with Gasteiger partial charge in [-0.2, -0.15) is 0 Å². The van der Waals surface area contributed by atoms with Crippen LogP contribution in [0, 0.1) is 16.0 Å². The summed E-state index contributed by atoms with van der Waals surface area (Å²) in [7, 11) is 0. The van der Waals surface area contributed by atoms with Gasteiger partial charge in [-0.1, -0.05) is 0 Å². The first-order chi connectivity index (χ1) is 9.08. The second kappa shape index (κ2) is 5.66. The van der Waals surface area contributed by atoms with Gasteiger partial charge in [0.05, 0.1) is 11.5 Å². The summed E-state index contributed by atoms with van der Waals surface area (Å²) in [5.41, 5.74) is 5.66. The van der Waals surface area contributed by atoms with Crippen LogP contribution in [0.1, 0.15) is 16.8 Å². The summed E-state index contributed by atoms with van der Waals surface area (Å²) in [6.45, 7) is 1.94. The molecule has 1 aromatic carbocycles. The van der Waals surface area contributed by atoms with Crippen molar-refractivity contribution in [2.24, 2.45) is 11.7 Å². The third-order valence-electron chi connectivity index (χ3n) is 3.08. The molecule has 0 saturated carbocycles. The van der Waals surface area contributed by atoms with Crippen molar-refractivity contribution < 1.29 is 14.5 Å². The number of anilines is 1. The van der Waals surface area contributed by atoms with Gasteiger partial charge in [0, 0.05) is 30.7 Å². The average Bonchev–Trinajstić information content (AvgIpc) is 2.88. The zero-order valence-electron chi connectivity index (χ0n) is 10.3. The lowest BCUT2D eigenvalue weighted by Crippen LogP contribution is -2.16. The third kappa shape index (κ3) is 3.19. The van der Waals surface area contributed by atoms with E-state index in [0.717, 1.165) is 13.0 Å². The van der Waals surface area contributed by atoms with Crippen molar-refractivity contribution in [3.05, 3.63) is 33.9 Å². The first-order valence-electron chi connectivity index (χ1n) is 5.98. The minimum absolute atomic E-state index is 0.0658. The Labute approximate surface area is 109 Å². The van der Waals surface area contributed by atoms with E-state index in [4.69, 9.17) is 10.5 Å². The van der Waals surface area contributed by atoms with Crippen LogP contribution in [0.3, 0.4) is 0 Å². The third-order valence-corrected chi connectivity index (χ3v) is 3.08. The maximum Gasteiger partial charge on any atom is 0.292 e. The summed E-state index contributed by atoms with van der Waals surface area (Å²) in [5.74, 6) is -0.279. The Balaban J connectivity index is 2.16. The number of nitrogens with zero attached hydrogens (tertiary/aromatic N) is 1. The van der Waals surface area contributed by atoms with E-state index < -0.39 is 10.8 Å². The second-order valence-corrected chi connectivity index (χ2v) is 4.46. The van der Waals surface area contributed by atoms with Crippen LogP contribution in [-0.4, -0.2) is 30.6 Å². The number of hydrogen-bond acceptors (Lipinski definition) is 5. The molecule has 0 bridgehead atoms. The lowest BCUT2D eigenvalue weighted by atomic mass is 10.1. The topological polar surface area (TPSA) is 107 Å². The fourth-order valence-electron chi connectivity index (χ4n) is 1.99. The molecule has 1 amide bonds. The minimum atomic E-state index is -0.609. The van der Waals surface area contributed by atoms with E-state index >= 15 is 0 Å². The highest BCUT2D eigenvalue weighted by Crippen LogP contribution is 2.26. The van der Waals surface area contributed by atoms with E-state index in [-0.39, 0.29) is 11.3 Å². The molecule has 1 fully saturated rings. The molecule has 1 unspecified atom stereocenters. The molecule has 3 N–H and O–H groups in total. The van der Waals surface area contributed by atoms with Gasteiger partial charge in [-0.3, -0.25) is 14.9 Å². The van der Waals surface area contributed by atoms with Crippen molar-refractivity contribution >= 4 is 17.3 Å². The number of carbonyl (C=O) groups is 1. The number of rotatable bonds is 5. The van der Waals surface area contributed by atoms with Gasteiger partial charge in [-0.15, -0.1) is 0 Å². The van der Waals surface area contributed by atoms with E-state index in [1.807, 2.05) is 0 Å². The van der Waals surface area contributed by atoms with Crippen molar-refractivity contribution in [3.63, 3.8) is 0 Å². The molecular weight excluding hydrogens is 250 g/mol. The minimum Gasteiger partial charge on any atom is -0.381 e. The molecule has 1 aliphatic rings. The Kier molecular flexibility index (Phi) is 3.96. The van der Waals surface area contributed by atoms with Crippen molar-refractivity contribution in [1.29, 1.82) is 0 Å². The Morgan fingerprint density at radius 3 is 2.95 bits per heavy atom. The van der Waals surface area contributed by atoms with E-state index in [1.54, 1.807) is 0 Å². The molecular formula is C12H15N3O4. The number of nitro benzene ring substituents is 1. The van der Waals surface area contributed by atoms with Crippen LogP contribution in [0.5, 0.6) is 0 Å². The van der Waals surface area contributed by atoms with Crippen LogP contribution in [0.4, 0.5) is 11.4 Å². The largest absolute Gasteiger partial charge is 0.381 e. The molecule has 0 aliphatic carbocycles. The summed E-state index contributed by atoms with van der Waals surface area (Å²) in [6.07, 6.45) is 0.927. The Bertz CT molecular complexity index is 498. The fraction of sp³-hybridized carbons (Fsp3) is 0.417. The normalized spacial score (nSPS) is 18.2. The number of hydrogen-bond donors (Lipinski definition) is 2. The highest BCUT2D eigenvalue weighted by Gasteiger charge is 2.19. The highest BCUT2D eigenvalue weighted by molar-refractivity contribution is 5.94. The first kappa shape index (κ1) is 13.3. The van der Waals surface area contributed by atoms with Gasteiger partial charge >= 0.3 is 0 Å². The lowest BCUT2D eigenvalue weighted by molar-refractivity contribution is -0.384. The van der Waals surface area contributed by atoms with E-state index in [1.165, 1.54) is 18.2 Å². The summed E-state index contributed by atoms with van der Waals surface area (Å²) >= 11 is 0. The second-order valence-electron chi connectivity index (χ2n) is 4.46. The molecule has 0 radical (unpaired) electrons. The predicted molar refractivity (Wildman–Crippen MR) is 69.0 cm³/mol. The van der Waals surface area contributed by atoms with Crippen LogP contribution in [0.2, 0.25) is 0 Å². The Morgan fingerprint density at radius 2 is 2.37 bits per heavy atom.